The molecule has 1 saturated carbocycles. The van der Waals surface area contributed by atoms with Gasteiger partial charge >= 0.3 is 6.09 Å². The van der Waals surface area contributed by atoms with Gasteiger partial charge in [-0.05, 0) is 25.3 Å². The molecule has 0 aliphatic heterocycles. The maximum absolute atomic E-state index is 11.1. The van der Waals surface area contributed by atoms with E-state index < -0.39 is 0 Å². The average Bonchev–Trinajstić information content (AvgIpc) is 3.13. The lowest BCUT2D eigenvalue weighted by Crippen LogP contribution is -2.25. The van der Waals surface area contributed by atoms with Gasteiger partial charge in [0.25, 0.3) is 0 Å². The van der Waals surface area contributed by atoms with E-state index >= 15 is 0 Å². The number of rotatable bonds is 3. The van der Waals surface area contributed by atoms with Crippen molar-refractivity contribution in [3.8, 4) is 0 Å². The van der Waals surface area contributed by atoms with Crippen molar-refractivity contribution in [2.75, 3.05) is 6.61 Å². The molecule has 1 aromatic rings. The molecule has 1 fully saturated rings. The predicted molar refractivity (Wildman–Crippen MR) is 65.5 cm³/mol. The lowest BCUT2D eigenvalue weighted by Gasteiger charge is -2.05. The Labute approximate surface area is 102 Å². The van der Waals surface area contributed by atoms with Crippen molar-refractivity contribution in [3.63, 3.8) is 0 Å². The molecule has 1 aliphatic carbocycles. The van der Waals surface area contributed by atoms with Crippen LogP contribution in [-0.4, -0.2) is 23.8 Å². The molecular weight excluding hydrogens is 218 g/mol. The molecule has 17 heavy (non-hydrogen) atoms. The minimum atomic E-state index is -0.309. The quantitative estimate of drug-likeness (QED) is 0.846. The topological polar surface area (TPSA) is 58.6 Å². The summed E-state index contributed by atoms with van der Waals surface area (Å²) < 4.78 is 5.03. The molecule has 0 spiro atoms. The van der Waals surface area contributed by atoms with Crippen molar-refractivity contribution >= 4 is 6.09 Å². The molecule has 1 aromatic carbocycles. The summed E-state index contributed by atoms with van der Waals surface area (Å²) >= 11 is 0. The first-order chi connectivity index (χ1) is 8.26. The van der Waals surface area contributed by atoms with Gasteiger partial charge in [-0.15, -0.1) is 0 Å². The van der Waals surface area contributed by atoms with Crippen LogP contribution in [0.4, 0.5) is 4.79 Å². The Morgan fingerprint density at radius 1 is 1.41 bits per heavy atom. The molecule has 2 N–H and O–H groups in total. The second-order valence-electron chi connectivity index (χ2n) is 3.80. The number of ether oxygens (including phenoxy) is 1. The lowest BCUT2D eigenvalue weighted by atomic mass is 10.2. The molecule has 0 aromatic heterocycles. The Hall–Kier alpha value is -1.55. The highest BCUT2D eigenvalue weighted by Gasteiger charge is 2.23. The largest absolute Gasteiger partial charge is 0.445 e. The maximum atomic E-state index is 11.1. The van der Waals surface area contributed by atoms with E-state index in [1.165, 1.54) is 0 Å². The molecule has 0 heterocycles. The van der Waals surface area contributed by atoms with Crippen LogP contribution < -0.4 is 5.32 Å². The molecule has 94 valence electrons. The fourth-order valence-corrected chi connectivity index (χ4v) is 1.16. The molecule has 0 bridgehead atoms. The Kier molecular flexibility index (Phi) is 6.10. The third-order valence-electron chi connectivity index (χ3n) is 2.11. The van der Waals surface area contributed by atoms with E-state index in [4.69, 9.17) is 9.84 Å². The summed E-state index contributed by atoms with van der Waals surface area (Å²) in [6.45, 7) is 2.28. The van der Waals surface area contributed by atoms with E-state index in [0.29, 0.717) is 12.6 Å². The average molecular weight is 237 g/mol. The Balaban J connectivity index is 0.000000437. The second-order valence-corrected chi connectivity index (χ2v) is 3.80. The van der Waals surface area contributed by atoms with E-state index in [1.54, 1.807) is 6.92 Å². The summed E-state index contributed by atoms with van der Waals surface area (Å²) in [6, 6.07) is 10.0. The molecule has 2 rings (SSSR count). The van der Waals surface area contributed by atoms with Gasteiger partial charge in [0.05, 0.1) is 0 Å². The Bertz CT molecular complexity index is 323. The minimum absolute atomic E-state index is 0.250. The van der Waals surface area contributed by atoms with E-state index in [2.05, 4.69) is 5.32 Å². The second kappa shape index (κ2) is 7.68. The number of amides is 1. The number of carbonyl (C=O) groups is 1. The standard InChI is InChI=1S/C11H13NO2.C2H6O/c13-11(12-10-6-7-10)14-8-9-4-2-1-3-5-9;1-2-3/h1-5,10H,6-8H2,(H,12,13);3H,2H2,1H3. The van der Waals surface area contributed by atoms with E-state index in [0.717, 1.165) is 18.4 Å². The first-order valence-corrected chi connectivity index (χ1v) is 5.84. The molecule has 0 radical (unpaired) electrons. The van der Waals surface area contributed by atoms with Gasteiger partial charge in [0.15, 0.2) is 0 Å². The highest BCUT2D eigenvalue weighted by Crippen LogP contribution is 2.18. The van der Waals surface area contributed by atoms with Crippen LogP contribution in [0.25, 0.3) is 0 Å². The molecule has 0 unspecified atom stereocenters. The molecule has 1 amide bonds. The first-order valence-electron chi connectivity index (χ1n) is 5.84. The van der Waals surface area contributed by atoms with Crippen molar-refractivity contribution < 1.29 is 14.6 Å². The van der Waals surface area contributed by atoms with Gasteiger partial charge in [0, 0.05) is 12.6 Å². The van der Waals surface area contributed by atoms with Crippen LogP contribution in [0.5, 0.6) is 0 Å². The number of aliphatic hydroxyl groups is 1. The number of aliphatic hydroxyl groups excluding tert-OH is 1. The fraction of sp³-hybridized carbons (Fsp3) is 0.462. The monoisotopic (exact) mass is 237 g/mol. The van der Waals surface area contributed by atoms with Crippen molar-refractivity contribution in [2.24, 2.45) is 0 Å². The number of hydrogen-bond acceptors (Lipinski definition) is 3. The maximum Gasteiger partial charge on any atom is 0.407 e. The molecule has 1 aliphatic rings. The Morgan fingerprint density at radius 2 is 2.00 bits per heavy atom. The fourth-order valence-electron chi connectivity index (χ4n) is 1.16. The van der Waals surface area contributed by atoms with Gasteiger partial charge in [-0.2, -0.15) is 0 Å². The summed E-state index contributed by atoms with van der Waals surface area (Å²) in [5, 5.41) is 10.3. The summed E-state index contributed by atoms with van der Waals surface area (Å²) in [4.78, 5) is 11.1. The number of alkyl carbamates (subject to hydrolysis) is 1. The smallest absolute Gasteiger partial charge is 0.407 e. The van der Waals surface area contributed by atoms with Crippen LogP contribution in [0.2, 0.25) is 0 Å². The molecule has 4 heteroatoms. The summed E-state index contributed by atoms with van der Waals surface area (Å²) in [6.07, 6.45) is 1.86. The van der Waals surface area contributed by atoms with Crippen LogP contribution in [0, 0.1) is 0 Å². The van der Waals surface area contributed by atoms with E-state index in [9.17, 15) is 4.79 Å². The zero-order chi connectivity index (χ0) is 12.5. The third kappa shape index (κ3) is 6.58. The van der Waals surface area contributed by atoms with Crippen LogP contribution in [0.1, 0.15) is 25.3 Å². The van der Waals surface area contributed by atoms with Gasteiger partial charge in [-0.1, -0.05) is 30.3 Å². The highest BCUT2D eigenvalue weighted by molar-refractivity contribution is 5.67. The highest BCUT2D eigenvalue weighted by atomic mass is 16.5. The number of benzene rings is 1. The summed E-state index contributed by atoms with van der Waals surface area (Å²) in [5.74, 6) is 0. The summed E-state index contributed by atoms with van der Waals surface area (Å²) in [7, 11) is 0. The van der Waals surface area contributed by atoms with Gasteiger partial charge in [0.2, 0.25) is 0 Å². The van der Waals surface area contributed by atoms with E-state index in [1.807, 2.05) is 30.3 Å². The van der Waals surface area contributed by atoms with Crippen molar-refractivity contribution in [3.05, 3.63) is 35.9 Å². The van der Waals surface area contributed by atoms with Crippen LogP contribution in [-0.2, 0) is 11.3 Å². The molecule has 4 nitrogen and oxygen atoms in total. The third-order valence-corrected chi connectivity index (χ3v) is 2.11. The van der Waals surface area contributed by atoms with Gasteiger partial charge in [0.1, 0.15) is 6.61 Å². The number of carbonyl (C=O) groups excluding carboxylic acids is 1. The number of nitrogens with one attached hydrogen (secondary N) is 1. The molecular formula is C13H19NO3. The zero-order valence-corrected chi connectivity index (χ0v) is 10.1. The van der Waals surface area contributed by atoms with Gasteiger partial charge in [-0.3, -0.25) is 0 Å². The molecule has 0 atom stereocenters. The van der Waals surface area contributed by atoms with Crippen LogP contribution in [0.3, 0.4) is 0 Å². The van der Waals surface area contributed by atoms with Crippen molar-refractivity contribution in [2.45, 2.75) is 32.4 Å². The first kappa shape index (κ1) is 13.5. The van der Waals surface area contributed by atoms with Crippen LogP contribution in [0.15, 0.2) is 30.3 Å². The minimum Gasteiger partial charge on any atom is -0.445 e. The predicted octanol–water partition coefficient (Wildman–Crippen LogP) is 2.07. The summed E-state index contributed by atoms with van der Waals surface area (Å²) in [5.41, 5.74) is 1.01. The van der Waals surface area contributed by atoms with E-state index in [-0.39, 0.29) is 12.7 Å². The van der Waals surface area contributed by atoms with Crippen molar-refractivity contribution in [1.29, 1.82) is 0 Å². The zero-order valence-electron chi connectivity index (χ0n) is 10.1. The SMILES string of the molecule is CCO.O=C(NC1CC1)OCc1ccccc1. The normalized spacial score (nSPS) is 13.3. The Morgan fingerprint density at radius 3 is 2.53 bits per heavy atom. The number of hydrogen-bond donors (Lipinski definition) is 2. The lowest BCUT2D eigenvalue weighted by molar-refractivity contribution is 0.139. The molecule has 0 saturated heterocycles. The van der Waals surface area contributed by atoms with Crippen molar-refractivity contribution in [1.82, 2.24) is 5.32 Å². The van der Waals surface area contributed by atoms with Gasteiger partial charge < -0.3 is 15.2 Å². The van der Waals surface area contributed by atoms with Gasteiger partial charge in [-0.25, -0.2) is 4.79 Å². The van der Waals surface area contributed by atoms with Crippen LogP contribution >= 0.6 is 0 Å².